The van der Waals surface area contributed by atoms with E-state index in [1.165, 1.54) is 32.1 Å². The Hall–Kier alpha value is -1.26. The van der Waals surface area contributed by atoms with Gasteiger partial charge in [0.05, 0.1) is 5.60 Å². The summed E-state index contributed by atoms with van der Waals surface area (Å²) < 4.78 is 6.04. The number of ether oxygens (including phenoxy) is 1. The third kappa shape index (κ3) is 2.60. The molecule has 1 spiro atoms. The van der Waals surface area contributed by atoms with Crippen molar-refractivity contribution in [3.05, 3.63) is 35.9 Å². The molecule has 1 nitrogen and oxygen atoms in total. The molecule has 0 unspecified atom stereocenters. The number of hydrogen-bond donors (Lipinski definition) is 0. The van der Waals surface area contributed by atoms with Crippen molar-refractivity contribution in [1.82, 2.24) is 0 Å². The van der Waals surface area contributed by atoms with Crippen LogP contribution in [0.15, 0.2) is 30.3 Å². The molecule has 1 heterocycles. The van der Waals surface area contributed by atoms with Crippen molar-refractivity contribution >= 4 is 0 Å². The second kappa shape index (κ2) is 5.16. The molecule has 3 rings (SSSR count). The van der Waals surface area contributed by atoms with Crippen molar-refractivity contribution < 1.29 is 4.74 Å². The first-order valence-electron chi connectivity index (χ1n) is 7.07. The quantitative estimate of drug-likeness (QED) is 0.627. The lowest BCUT2D eigenvalue weighted by atomic mass is 9.91. The molecule has 0 bridgehead atoms. The van der Waals surface area contributed by atoms with E-state index in [-0.39, 0.29) is 5.60 Å². The molecule has 1 aliphatic heterocycles. The van der Waals surface area contributed by atoms with Crippen molar-refractivity contribution in [2.24, 2.45) is 5.92 Å². The number of rotatable bonds is 0. The van der Waals surface area contributed by atoms with Crippen LogP contribution in [0.25, 0.3) is 0 Å². The first-order valence-corrected chi connectivity index (χ1v) is 7.07. The first-order chi connectivity index (χ1) is 8.86. The molecule has 1 aliphatic carbocycles. The zero-order chi connectivity index (χ0) is 12.3. The summed E-state index contributed by atoms with van der Waals surface area (Å²) >= 11 is 0. The van der Waals surface area contributed by atoms with Crippen molar-refractivity contribution in [3.8, 4) is 11.8 Å². The highest BCUT2D eigenvalue weighted by Gasteiger charge is 2.40. The summed E-state index contributed by atoms with van der Waals surface area (Å²) in [4.78, 5) is 0. The Morgan fingerprint density at radius 3 is 2.78 bits per heavy atom. The number of benzene rings is 1. The summed E-state index contributed by atoms with van der Waals surface area (Å²) in [7, 11) is 0. The maximum atomic E-state index is 6.04. The molecule has 2 fully saturated rings. The van der Waals surface area contributed by atoms with Gasteiger partial charge in [-0.1, -0.05) is 30.0 Å². The average Bonchev–Trinajstić information content (AvgIpc) is 2.82. The van der Waals surface area contributed by atoms with Crippen LogP contribution in [0, 0.1) is 17.8 Å². The van der Waals surface area contributed by atoms with E-state index < -0.39 is 0 Å². The lowest BCUT2D eigenvalue weighted by Crippen LogP contribution is -2.33. The largest absolute Gasteiger partial charge is 0.375 e. The molecule has 0 aromatic heterocycles. The van der Waals surface area contributed by atoms with Gasteiger partial charge in [0.15, 0.2) is 0 Å². The van der Waals surface area contributed by atoms with Gasteiger partial charge in [-0.25, -0.2) is 0 Å². The van der Waals surface area contributed by atoms with Crippen LogP contribution in [-0.4, -0.2) is 12.2 Å². The second-order valence-corrected chi connectivity index (χ2v) is 5.56. The Morgan fingerprint density at radius 1 is 1.11 bits per heavy atom. The molecule has 18 heavy (non-hydrogen) atoms. The lowest BCUT2D eigenvalue weighted by Gasteiger charge is -2.33. The Morgan fingerprint density at radius 2 is 2.00 bits per heavy atom. The molecule has 1 aromatic rings. The fraction of sp³-hybridized carbons (Fsp3) is 0.529. The maximum Gasteiger partial charge on any atom is 0.0694 e. The SMILES string of the molecule is C(#C[C@H]1CC[C@]2(CCCCO2)C1)c1ccccc1. The normalized spacial score (nSPS) is 31.0. The lowest BCUT2D eigenvalue weighted by molar-refractivity contribution is -0.0742. The molecule has 1 heteroatoms. The molecule has 1 aromatic carbocycles. The van der Waals surface area contributed by atoms with Crippen LogP contribution in [-0.2, 0) is 4.74 Å². The van der Waals surface area contributed by atoms with Crippen LogP contribution in [0.2, 0.25) is 0 Å². The molecule has 1 saturated carbocycles. The highest BCUT2D eigenvalue weighted by Crippen LogP contribution is 2.42. The van der Waals surface area contributed by atoms with Crippen LogP contribution in [0.5, 0.6) is 0 Å². The van der Waals surface area contributed by atoms with E-state index in [1.807, 2.05) is 18.2 Å². The van der Waals surface area contributed by atoms with Crippen molar-refractivity contribution in [1.29, 1.82) is 0 Å². The summed E-state index contributed by atoms with van der Waals surface area (Å²) in [6, 6.07) is 10.3. The third-order valence-electron chi connectivity index (χ3n) is 4.20. The van der Waals surface area contributed by atoms with Gasteiger partial charge in [-0.2, -0.15) is 0 Å². The van der Waals surface area contributed by atoms with Gasteiger partial charge in [-0.05, 0) is 50.7 Å². The van der Waals surface area contributed by atoms with Crippen LogP contribution >= 0.6 is 0 Å². The maximum absolute atomic E-state index is 6.04. The molecular weight excluding hydrogens is 220 g/mol. The van der Waals surface area contributed by atoms with Gasteiger partial charge in [-0.15, -0.1) is 0 Å². The zero-order valence-electron chi connectivity index (χ0n) is 10.8. The summed E-state index contributed by atoms with van der Waals surface area (Å²) in [6.45, 7) is 0.957. The van der Waals surface area contributed by atoms with E-state index in [1.54, 1.807) is 0 Å². The minimum atomic E-state index is 0.189. The van der Waals surface area contributed by atoms with Gasteiger partial charge in [0, 0.05) is 18.1 Å². The minimum Gasteiger partial charge on any atom is -0.375 e. The fourth-order valence-electron chi connectivity index (χ4n) is 3.19. The minimum absolute atomic E-state index is 0.189. The Bertz CT molecular complexity index is 445. The topological polar surface area (TPSA) is 9.23 Å². The van der Waals surface area contributed by atoms with Gasteiger partial charge in [-0.3, -0.25) is 0 Å². The summed E-state index contributed by atoms with van der Waals surface area (Å²) in [5, 5.41) is 0. The van der Waals surface area contributed by atoms with Crippen molar-refractivity contribution in [2.75, 3.05) is 6.61 Å². The predicted octanol–water partition coefficient (Wildman–Crippen LogP) is 3.78. The van der Waals surface area contributed by atoms with E-state index in [0.29, 0.717) is 5.92 Å². The molecule has 0 radical (unpaired) electrons. The van der Waals surface area contributed by atoms with Gasteiger partial charge < -0.3 is 4.74 Å². The molecule has 2 aliphatic rings. The monoisotopic (exact) mass is 240 g/mol. The fourth-order valence-corrected chi connectivity index (χ4v) is 3.19. The molecule has 0 N–H and O–H groups in total. The average molecular weight is 240 g/mol. The molecular formula is C17H20O. The van der Waals surface area contributed by atoms with Gasteiger partial charge in [0.1, 0.15) is 0 Å². The Balaban J connectivity index is 1.64. The highest BCUT2D eigenvalue weighted by molar-refractivity contribution is 5.34. The Labute approximate surface area is 110 Å². The van der Waals surface area contributed by atoms with Crippen molar-refractivity contribution in [3.63, 3.8) is 0 Å². The Kier molecular flexibility index (Phi) is 3.39. The molecule has 1 saturated heterocycles. The summed E-state index contributed by atoms with van der Waals surface area (Å²) in [5.41, 5.74) is 1.32. The predicted molar refractivity (Wildman–Crippen MR) is 73.2 cm³/mol. The van der Waals surface area contributed by atoms with E-state index in [9.17, 15) is 0 Å². The van der Waals surface area contributed by atoms with E-state index in [4.69, 9.17) is 4.74 Å². The van der Waals surface area contributed by atoms with E-state index in [0.717, 1.165) is 18.6 Å². The molecule has 94 valence electrons. The van der Waals surface area contributed by atoms with Crippen LogP contribution in [0.3, 0.4) is 0 Å². The second-order valence-electron chi connectivity index (χ2n) is 5.56. The van der Waals surface area contributed by atoms with Gasteiger partial charge >= 0.3 is 0 Å². The van der Waals surface area contributed by atoms with Crippen LogP contribution in [0.1, 0.15) is 44.1 Å². The molecule has 2 atom stereocenters. The van der Waals surface area contributed by atoms with Crippen LogP contribution in [0.4, 0.5) is 0 Å². The van der Waals surface area contributed by atoms with Crippen molar-refractivity contribution in [2.45, 2.75) is 44.1 Å². The third-order valence-corrected chi connectivity index (χ3v) is 4.20. The summed E-state index contributed by atoms with van der Waals surface area (Å²) in [6.07, 6.45) is 7.38. The van der Waals surface area contributed by atoms with Gasteiger partial charge in [0.2, 0.25) is 0 Å². The van der Waals surface area contributed by atoms with Crippen LogP contribution < -0.4 is 0 Å². The molecule has 0 amide bonds. The first kappa shape index (κ1) is 11.8. The van der Waals surface area contributed by atoms with Gasteiger partial charge in [0.25, 0.3) is 0 Å². The van der Waals surface area contributed by atoms with E-state index in [2.05, 4.69) is 24.0 Å². The number of hydrogen-bond acceptors (Lipinski definition) is 1. The highest BCUT2D eigenvalue weighted by atomic mass is 16.5. The van der Waals surface area contributed by atoms with E-state index >= 15 is 0 Å². The summed E-state index contributed by atoms with van der Waals surface area (Å²) in [5.74, 6) is 7.27. The smallest absolute Gasteiger partial charge is 0.0694 e. The zero-order valence-corrected chi connectivity index (χ0v) is 10.8. The standard InChI is InChI=1S/C17H20O/c1-2-6-15(7-3-1)8-9-16-10-12-17(14-16)11-4-5-13-18-17/h1-3,6-7,16H,4-5,10-14H2/t16-,17+/m0/s1.